The zero-order valence-electron chi connectivity index (χ0n) is 14.3. The highest BCUT2D eigenvalue weighted by Crippen LogP contribution is 2.21. The fraction of sp³-hybridized carbons (Fsp3) is 0.579. The number of piperidine rings is 1. The lowest BCUT2D eigenvalue weighted by Crippen LogP contribution is -2.33. The molecule has 2 aliphatic rings. The fourth-order valence-electron chi connectivity index (χ4n) is 3.50. The van der Waals surface area contributed by atoms with Crippen LogP contribution >= 0.6 is 0 Å². The molecule has 3 rings (SSSR count). The van der Waals surface area contributed by atoms with E-state index >= 15 is 0 Å². The normalized spacial score (nSPS) is 18.8. The summed E-state index contributed by atoms with van der Waals surface area (Å²) >= 11 is 0. The number of amides is 2. The molecule has 0 saturated carbocycles. The summed E-state index contributed by atoms with van der Waals surface area (Å²) in [5.41, 5.74) is 1.54. The molecular formula is C19H27N3O2. The Morgan fingerprint density at radius 3 is 2.42 bits per heavy atom. The van der Waals surface area contributed by atoms with Crippen LogP contribution in [0, 0.1) is 0 Å². The van der Waals surface area contributed by atoms with Gasteiger partial charge in [0.05, 0.1) is 0 Å². The average Bonchev–Trinajstić information content (AvgIpc) is 3.05. The van der Waals surface area contributed by atoms with Crippen LogP contribution in [0.1, 0.15) is 48.9 Å². The molecule has 5 nitrogen and oxygen atoms in total. The summed E-state index contributed by atoms with van der Waals surface area (Å²) in [6.07, 6.45) is 6.49. The van der Waals surface area contributed by atoms with Crippen molar-refractivity contribution in [2.24, 2.45) is 0 Å². The van der Waals surface area contributed by atoms with Gasteiger partial charge in [-0.3, -0.25) is 9.59 Å². The molecule has 1 aromatic carbocycles. The van der Waals surface area contributed by atoms with Crippen LogP contribution in [-0.4, -0.2) is 49.4 Å². The predicted octanol–water partition coefficient (Wildman–Crippen LogP) is 2.42. The number of rotatable bonds is 6. The predicted molar refractivity (Wildman–Crippen MR) is 95.3 cm³/mol. The molecule has 0 aromatic heterocycles. The van der Waals surface area contributed by atoms with Gasteiger partial charge in [-0.1, -0.05) is 6.42 Å². The highest BCUT2D eigenvalue weighted by Gasteiger charge is 2.21. The quantitative estimate of drug-likeness (QED) is 0.816. The van der Waals surface area contributed by atoms with E-state index in [9.17, 15) is 9.59 Å². The van der Waals surface area contributed by atoms with Crippen molar-refractivity contribution < 1.29 is 9.59 Å². The summed E-state index contributed by atoms with van der Waals surface area (Å²) in [5, 5.41) is 2.99. The Bertz CT molecular complexity index is 564. The number of hydrogen-bond acceptors (Lipinski definition) is 3. The summed E-state index contributed by atoms with van der Waals surface area (Å²) in [6, 6.07) is 7.35. The van der Waals surface area contributed by atoms with Gasteiger partial charge in [0, 0.05) is 30.8 Å². The molecule has 2 heterocycles. The van der Waals surface area contributed by atoms with Gasteiger partial charge in [-0.25, -0.2) is 0 Å². The minimum atomic E-state index is -0.0343. The van der Waals surface area contributed by atoms with Crippen molar-refractivity contribution in [3.8, 4) is 0 Å². The van der Waals surface area contributed by atoms with Crippen LogP contribution in [0.15, 0.2) is 24.3 Å². The molecule has 5 heteroatoms. The number of anilines is 1. The Kier molecular flexibility index (Phi) is 5.86. The molecule has 2 aliphatic heterocycles. The molecule has 2 saturated heterocycles. The van der Waals surface area contributed by atoms with Crippen molar-refractivity contribution in [2.45, 2.75) is 38.5 Å². The van der Waals surface area contributed by atoms with Gasteiger partial charge in [-0.2, -0.15) is 0 Å². The third-order valence-corrected chi connectivity index (χ3v) is 4.90. The first kappa shape index (κ1) is 17.0. The lowest BCUT2D eigenvalue weighted by Gasteiger charge is -2.26. The number of benzene rings is 1. The third-order valence-electron chi connectivity index (χ3n) is 4.90. The van der Waals surface area contributed by atoms with Crippen molar-refractivity contribution in [2.75, 3.05) is 37.6 Å². The third kappa shape index (κ3) is 4.35. The summed E-state index contributed by atoms with van der Waals surface area (Å²) in [6.45, 7) is 4.95. The maximum atomic E-state index is 12.2. The maximum Gasteiger partial charge on any atom is 0.251 e. The molecule has 130 valence electrons. The Labute approximate surface area is 144 Å². The molecule has 1 aromatic rings. The van der Waals surface area contributed by atoms with Crippen molar-refractivity contribution in [1.82, 2.24) is 10.2 Å². The fourth-order valence-corrected chi connectivity index (χ4v) is 3.50. The van der Waals surface area contributed by atoms with E-state index in [-0.39, 0.29) is 11.8 Å². The Hall–Kier alpha value is -1.88. The highest BCUT2D eigenvalue weighted by atomic mass is 16.2. The number of hydrogen-bond donors (Lipinski definition) is 1. The lowest BCUT2D eigenvalue weighted by atomic mass is 10.1. The van der Waals surface area contributed by atoms with E-state index in [1.807, 2.05) is 12.1 Å². The van der Waals surface area contributed by atoms with Crippen LogP contribution in [0.3, 0.4) is 0 Å². The van der Waals surface area contributed by atoms with Gasteiger partial charge < -0.3 is 15.1 Å². The van der Waals surface area contributed by atoms with Gasteiger partial charge in [0.1, 0.15) is 0 Å². The van der Waals surface area contributed by atoms with Crippen molar-refractivity contribution >= 4 is 17.5 Å². The summed E-state index contributed by atoms with van der Waals surface area (Å²) in [7, 11) is 0. The molecule has 1 N–H and O–H groups in total. The zero-order chi connectivity index (χ0) is 16.8. The molecule has 0 radical (unpaired) electrons. The van der Waals surface area contributed by atoms with E-state index in [0.717, 1.165) is 31.6 Å². The van der Waals surface area contributed by atoms with E-state index in [1.54, 1.807) is 17.0 Å². The van der Waals surface area contributed by atoms with Crippen LogP contribution in [-0.2, 0) is 4.79 Å². The number of carbonyl (C=O) groups is 2. The first-order chi connectivity index (χ1) is 11.7. The van der Waals surface area contributed by atoms with E-state index in [0.29, 0.717) is 18.5 Å². The van der Waals surface area contributed by atoms with E-state index in [1.165, 1.54) is 32.4 Å². The van der Waals surface area contributed by atoms with Gasteiger partial charge >= 0.3 is 0 Å². The highest BCUT2D eigenvalue weighted by molar-refractivity contribution is 5.97. The van der Waals surface area contributed by atoms with Gasteiger partial charge in [-0.05, 0) is 69.6 Å². The van der Waals surface area contributed by atoms with Crippen molar-refractivity contribution in [3.63, 3.8) is 0 Å². The lowest BCUT2D eigenvalue weighted by molar-refractivity contribution is -0.117. The number of carbonyl (C=O) groups excluding carboxylic acids is 2. The molecule has 0 bridgehead atoms. The summed E-state index contributed by atoms with van der Waals surface area (Å²) < 4.78 is 0. The minimum Gasteiger partial charge on any atom is -0.352 e. The molecule has 0 unspecified atom stereocenters. The van der Waals surface area contributed by atoms with Gasteiger partial charge in [0.15, 0.2) is 0 Å². The maximum absolute atomic E-state index is 12.2. The molecule has 0 spiro atoms. The summed E-state index contributed by atoms with van der Waals surface area (Å²) in [5.74, 6) is 0.137. The van der Waals surface area contributed by atoms with Gasteiger partial charge in [-0.15, -0.1) is 0 Å². The monoisotopic (exact) mass is 329 g/mol. The minimum absolute atomic E-state index is 0.0343. The molecule has 2 amide bonds. The van der Waals surface area contributed by atoms with Crippen LogP contribution in [0.2, 0.25) is 0 Å². The average molecular weight is 329 g/mol. The van der Waals surface area contributed by atoms with Crippen molar-refractivity contribution in [1.29, 1.82) is 0 Å². The Morgan fingerprint density at radius 2 is 1.75 bits per heavy atom. The molecule has 0 aliphatic carbocycles. The van der Waals surface area contributed by atoms with Crippen LogP contribution in [0.5, 0.6) is 0 Å². The van der Waals surface area contributed by atoms with Crippen molar-refractivity contribution in [3.05, 3.63) is 29.8 Å². The van der Waals surface area contributed by atoms with Crippen LogP contribution in [0.4, 0.5) is 5.69 Å². The second-order valence-corrected chi connectivity index (χ2v) is 6.71. The second-order valence-electron chi connectivity index (χ2n) is 6.71. The molecule has 24 heavy (non-hydrogen) atoms. The zero-order valence-corrected chi connectivity index (χ0v) is 14.3. The molecule has 0 atom stereocenters. The van der Waals surface area contributed by atoms with Gasteiger partial charge in [0.25, 0.3) is 5.91 Å². The summed E-state index contributed by atoms with van der Waals surface area (Å²) in [4.78, 5) is 28.2. The van der Waals surface area contributed by atoms with Gasteiger partial charge in [0.2, 0.25) is 5.91 Å². The van der Waals surface area contributed by atoms with E-state index < -0.39 is 0 Å². The molecular weight excluding hydrogens is 302 g/mol. The Morgan fingerprint density at radius 1 is 1.00 bits per heavy atom. The SMILES string of the molecule is O=C(NCCCN1CCCCC1)c1ccc(N2CCCC2=O)cc1. The number of likely N-dealkylation sites (tertiary alicyclic amines) is 1. The first-order valence-electron chi connectivity index (χ1n) is 9.15. The van der Waals surface area contributed by atoms with Crippen LogP contribution < -0.4 is 10.2 Å². The van der Waals surface area contributed by atoms with Crippen LogP contribution in [0.25, 0.3) is 0 Å². The number of nitrogens with one attached hydrogen (secondary N) is 1. The van der Waals surface area contributed by atoms with E-state index in [4.69, 9.17) is 0 Å². The van der Waals surface area contributed by atoms with E-state index in [2.05, 4.69) is 10.2 Å². The largest absolute Gasteiger partial charge is 0.352 e. The standard InChI is InChI=1S/C19H27N3O2/c23-18-6-4-15-22(18)17-9-7-16(8-10-17)19(24)20-11-5-14-21-12-2-1-3-13-21/h7-10H,1-6,11-15H2,(H,20,24). The smallest absolute Gasteiger partial charge is 0.251 e. The first-order valence-corrected chi connectivity index (χ1v) is 9.15. The molecule has 2 fully saturated rings. The topological polar surface area (TPSA) is 52.7 Å². The second kappa shape index (κ2) is 8.29. The number of nitrogens with zero attached hydrogens (tertiary/aromatic N) is 2. The Balaban J connectivity index is 1.42.